The second kappa shape index (κ2) is 7.98. The number of sulfone groups is 1. The van der Waals surface area contributed by atoms with Crippen molar-refractivity contribution < 1.29 is 8.42 Å². The Labute approximate surface area is 146 Å². The van der Waals surface area contributed by atoms with Gasteiger partial charge in [-0.1, -0.05) is 18.6 Å². The molecule has 24 heavy (non-hydrogen) atoms. The second-order valence-corrected chi connectivity index (χ2v) is 9.54. The van der Waals surface area contributed by atoms with Crippen LogP contribution in [0.1, 0.15) is 37.7 Å². The summed E-state index contributed by atoms with van der Waals surface area (Å²) in [7, 11) is -3.10. The summed E-state index contributed by atoms with van der Waals surface area (Å²) in [6.07, 6.45) is 8.01. The van der Waals surface area contributed by atoms with Gasteiger partial charge in [0.25, 0.3) is 0 Å². The minimum Gasteiger partial charge on any atom is -0.303 e. The monoisotopic (exact) mass is 350 g/mol. The topological polar surface area (TPSA) is 40.6 Å². The molecule has 2 fully saturated rings. The molecule has 1 aromatic carbocycles. The summed E-state index contributed by atoms with van der Waals surface area (Å²) in [4.78, 5) is 5.60. The predicted octanol–water partition coefficient (Wildman–Crippen LogP) is 2.79. The number of hydrogen-bond acceptors (Lipinski definition) is 4. The van der Waals surface area contributed by atoms with Gasteiger partial charge in [0.05, 0.1) is 4.90 Å². The highest BCUT2D eigenvalue weighted by Gasteiger charge is 2.23. The average molecular weight is 351 g/mol. The quantitative estimate of drug-likeness (QED) is 0.819. The van der Waals surface area contributed by atoms with Crippen molar-refractivity contribution in [3.05, 3.63) is 29.8 Å². The first-order valence-corrected chi connectivity index (χ1v) is 11.1. The molecule has 0 saturated carbocycles. The van der Waals surface area contributed by atoms with Gasteiger partial charge in [-0.25, -0.2) is 8.42 Å². The van der Waals surface area contributed by atoms with E-state index in [0.29, 0.717) is 4.90 Å². The van der Waals surface area contributed by atoms with Crippen LogP contribution in [0.2, 0.25) is 0 Å². The predicted molar refractivity (Wildman–Crippen MR) is 97.8 cm³/mol. The Morgan fingerprint density at radius 3 is 2.29 bits per heavy atom. The third kappa shape index (κ3) is 5.04. The highest BCUT2D eigenvalue weighted by molar-refractivity contribution is 7.90. The molecule has 0 unspecified atom stereocenters. The number of nitrogens with zero attached hydrogens (tertiary/aromatic N) is 2. The van der Waals surface area contributed by atoms with Gasteiger partial charge in [-0.05, 0) is 68.9 Å². The minimum atomic E-state index is -3.10. The lowest BCUT2D eigenvalue weighted by Crippen LogP contribution is -2.42. The molecule has 134 valence electrons. The highest BCUT2D eigenvalue weighted by Crippen LogP contribution is 2.21. The zero-order valence-electron chi connectivity index (χ0n) is 14.8. The number of hydrogen-bond donors (Lipinski definition) is 0. The van der Waals surface area contributed by atoms with Crippen LogP contribution in [0.5, 0.6) is 0 Å². The molecule has 0 aromatic heterocycles. The van der Waals surface area contributed by atoms with Gasteiger partial charge in [0, 0.05) is 25.9 Å². The van der Waals surface area contributed by atoms with Crippen LogP contribution < -0.4 is 0 Å². The van der Waals surface area contributed by atoms with Gasteiger partial charge < -0.3 is 4.90 Å². The zero-order chi connectivity index (χ0) is 17.0. The fraction of sp³-hybridized carbons (Fsp3) is 0.684. The molecule has 2 aliphatic rings. The van der Waals surface area contributed by atoms with Gasteiger partial charge >= 0.3 is 0 Å². The van der Waals surface area contributed by atoms with E-state index >= 15 is 0 Å². The molecule has 2 saturated heterocycles. The van der Waals surface area contributed by atoms with E-state index in [1.54, 1.807) is 12.1 Å². The molecule has 0 aliphatic carbocycles. The molecule has 3 rings (SSSR count). The highest BCUT2D eigenvalue weighted by atomic mass is 32.2. The van der Waals surface area contributed by atoms with Crippen molar-refractivity contribution in [2.75, 3.05) is 39.0 Å². The van der Waals surface area contributed by atoms with Crippen LogP contribution in [0.15, 0.2) is 29.2 Å². The fourth-order valence-corrected chi connectivity index (χ4v) is 4.68. The van der Waals surface area contributed by atoms with Gasteiger partial charge in [0.1, 0.15) is 0 Å². The molecule has 0 N–H and O–H groups in total. The molecule has 2 aliphatic heterocycles. The van der Waals surface area contributed by atoms with Crippen LogP contribution in [-0.2, 0) is 16.4 Å². The molecule has 0 amide bonds. The molecule has 0 bridgehead atoms. The van der Waals surface area contributed by atoms with Gasteiger partial charge in [0.15, 0.2) is 9.84 Å². The second-order valence-electron chi connectivity index (χ2n) is 7.52. The van der Waals surface area contributed by atoms with Crippen molar-refractivity contribution in [3.63, 3.8) is 0 Å². The Balaban J connectivity index is 1.53. The summed E-state index contributed by atoms with van der Waals surface area (Å²) >= 11 is 0. The smallest absolute Gasteiger partial charge is 0.175 e. The molecule has 2 heterocycles. The van der Waals surface area contributed by atoms with E-state index in [9.17, 15) is 8.42 Å². The van der Waals surface area contributed by atoms with Crippen LogP contribution in [0.3, 0.4) is 0 Å². The van der Waals surface area contributed by atoms with Gasteiger partial charge in [-0.3, -0.25) is 4.90 Å². The molecular weight excluding hydrogens is 320 g/mol. The van der Waals surface area contributed by atoms with Crippen molar-refractivity contribution in [2.45, 2.75) is 43.5 Å². The van der Waals surface area contributed by atoms with E-state index in [2.05, 4.69) is 9.80 Å². The third-order valence-corrected chi connectivity index (χ3v) is 6.45. The maximum Gasteiger partial charge on any atom is 0.175 e. The molecule has 1 atom stereocenters. The Morgan fingerprint density at radius 1 is 0.958 bits per heavy atom. The largest absolute Gasteiger partial charge is 0.303 e. The normalized spacial score (nSPS) is 24.1. The summed E-state index contributed by atoms with van der Waals surface area (Å²) in [5, 5.41) is 0. The van der Waals surface area contributed by atoms with E-state index in [4.69, 9.17) is 0 Å². The van der Waals surface area contributed by atoms with Crippen molar-refractivity contribution >= 4 is 9.84 Å². The van der Waals surface area contributed by atoms with Gasteiger partial charge in [-0.15, -0.1) is 0 Å². The molecular formula is C19H30N2O2S. The van der Waals surface area contributed by atoms with Crippen molar-refractivity contribution in [2.24, 2.45) is 5.92 Å². The summed E-state index contributed by atoms with van der Waals surface area (Å²) in [6, 6.07) is 7.40. The zero-order valence-corrected chi connectivity index (χ0v) is 15.6. The Kier molecular flexibility index (Phi) is 5.95. The third-order valence-electron chi connectivity index (χ3n) is 5.33. The lowest BCUT2D eigenvalue weighted by Gasteiger charge is -2.37. The SMILES string of the molecule is CS(=O)(=O)c1ccc(CN2CCC[C@H](CN3CCCCC3)C2)cc1. The summed E-state index contributed by atoms with van der Waals surface area (Å²) < 4.78 is 23.1. The van der Waals surface area contributed by atoms with Crippen LogP contribution in [-0.4, -0.2) is 57.2 Å². The molecule has 5 heteroatoms. The van der Waals surface area contributed by atoms with E-state index in [1.165, 1.54) is 70.1 Å². The molecule has 4 nitrogen and oxygen atoms in total. The van der Waals surface area contributed by atoms with Crippen LogP contribution in [0, 0.1) is 5.92 Å². The lowest BCUT2D eigenvalue weighted by atomic mass is 9.96. The lowest BCUT2D eigenvalue weighted by molar-refractivity contribution is 0.118. The molecule has 1 aromatic rings. The Morgan fingerprint density at radius 2 is 1.62 bits per heavy atom. The van der Waals surface area contributed by atoms with E-state index in [1.807, 2.05) is 12.1 Å². The summed E-state index contributed by atoms with van der Waals surface area (Å²) in [5.41, 5.74) is 1.21. The Bertz CT molecular complexity index is 621. The van der Waals surface area contributed by atoms with Crippen molar-refractivity contribution in [1.29, 1.82) is 0 Å². The number of likely N-dealkylation sites (tertiary alicyclic amines) is 2. The number of benzene rings is 1. The van der Waals surface area contributed by atoms with Crippen molar-refractivity contribution in [3.8, 4) is 0 Å². The van der Waals surface area contributed by atoms with E-state index < -0.39 is 9.84 Å². The maximum absolute atomic E-state index is 11.6. The number of rotatable bonds is 5. The molecule has 0 radical (unpaired) electrons. The van der Waals surface area contributed by atoms with Crippen molar-refractivity contribution in [1.82, 2.24) is 9.80 Å². The first-order chi connectivity index (χ1) is 11.5. The summed E-state index contributed by atoms with van der Waals surface area (Å²) in [5.74, 6) is 0.784. The first-order valence-electron chi connectivity index (χ1n) is 9.24. The van der Waals surface area contributed by atoms with E-state index in [-0.39, 0.29) is 0 Å². The van der Waals surface area contributed by atoms with Crippen LogP contribution in [0.25, 0.3) is 0 Å². The first kappa shape index (κ1) is 17.9. The summed E-state index contributed by atoms with van der Waals surface area (Å²) in [6.45, 7) is 7.08. The van der Waals surface area contributed by atoms with Crippen LogP contribution in [0.4, 0.5) is 0 Å². The van der Waals surface area contributed by atoms with Gasteiger partial charge in [-0.2, -0.15) is 0 Å². The van der Waals surface area contributed by atoms with E-state index in [0.717, 1.165) is 19.0 Å². The fourth-order valence-electron chi connectivity index (χ4n) is 4.05. The minimum absolute atomic E-state index is 0.410. The number of piperidine rings is 2. The standard InChI is InChI=1S/C19H30N2O2S/c1-24(22,23)19-9-7-17(8-10-19)14-21-13-5-6-18(16-21)15-20-11-3-2-4-12-20/h7-10,18H,2-6,11-16H2,1H3/t18-/m1/s1. The molecule has 0 spiro atoms. The Hall–Kier alpha value is -0.910. The van der Waals surface area contributed by atoms with Crippen LogP contribution >= 0.6 is 0 Å². The maximum atomic E-state index is 11.6. The van der Waals surface area contributed by atoms with Gasteiger partial charge in [0.2, 0.25) is 0 Å². The average Bonchev–Trinajstić information content (AvgIpc) is 2.56.